The topological polar surface area (TPSA) is 83.6 Å². The second-order valence-corrected chi connectivity index (χ2v) is 10.8. The van der Waals surface area contributed by atoms with Gasteiger partial charge in [-0.3, -0.25) is 14.3 Å². The van der Waals surface area contributed by atoms with Crippen LogP contribution in [0.25, 0.3) is 0 Å². The molecule has 1 unspecified atom stereocenters. The van der Waals surface area contributed by atoms with Crippen LogP contribution in [0.3, 0.4) is 0 Å². The molecule has 25 heavy (non-hydrogen) atoms. The number of likely N-dealkylation sites (tertiary alicyclic amines) is 1. The van der Waals surface area contributed by atoms with Gasteiger partial charge in [0, 0.05) is 19.0 Å². The number of hydrogen-bond acceptors (Lipinski definition) is 4. The van der Waals surface area contributed by atoms with Gasteiger partial charge in [0.15, 0.2) is 0 Å². The predicted molar refractivity (Wildman–Crippen MR) is 97.2 cm³/mol. The predicted octanol–water partition coefficient (Wildman–Crippen LogP) is 2.30. The molecule has 1 saturated heterocycles. The smallest absolute Gasteiger partial charge is 0.238 e. The molecule has 1 atom stereocenters. The van der Waals surface area contributed by atoms with Crippen LogP contribution in [0, 0.1) is 17.3 Å². The Morgan fingerprint density at radius 1 is 1.20 bits per heavy atom. The zero-order valence-electron chi connectivity index (χ0n) is 15.9. The first-order valence-corrected chi connectivity index (χ1v) is 11.0. The Kier molecular flexibility index (Phi) is 6.17. The summed E-state index contributed by atoms with van der Waals surface area (Å²) in [5.41, 5.74) is -0.115. The average molecular weight is 373 g/mol. The highest BCUT2D eigenvalue weighted by atomic mass is 32.2. The van der Waals surface area contributed by atoms with Crippen molar-refractivity contribution in [2.75, 3.05) is 12.3 Å². The standard InChI is InChI=1S/C18H32N2O4S/c1-13-5-7-15(8-6-13)20-12-14(11-16(20)21)17(22)19-25(23,24)10-9-18(2,3)4/h13-15H,5-12H2,1-4H3,(H,19,22). The van der Waals surface area contributed by atoms with E-state index in [-0.39, 0.29) is 29.5 Å². The van der Waals surface area contributed by atoms with Crippen LogP contribution >= 0.6 is 0 Å². The van der Waals surface area contributed by atoms with Gasteiger partial charge in [0.25, 0.3) is 0 Å². The molecule has 0 spiro atoms. The molecule has 7 heteroatoms. The Labute approximate surface area is 151 Å². The average Bonchev–Trinajstić information content (AvgIpc) is 2.87. The Bertz CT molecular complexity index is 601. The fourth-order valence-electron chi connectivity index (χ4n) is 3.54. The van der Waals surface area contributed by atoms with Gasteiger partial charge in [-0.2, -0.15) is 0 Å². The lowest BCUT2D eigenvalue weighted by atomic mass is 9.87. The van der Waals surface area contributed by atoms with Crippen molar-refractivity contribution in [3.05, 3.63) is 0 Å². The molecule has 2 rings (SSSR count). The maximum absolute atomic E-state index is 12.3. The van der Waals surface area contributed by atoms with E-state index in [2.05, 4.69) is 11.6 Å². The summed E-state index contributed by atoms with van der Waals surface area (Å²) in [5.74, 6) is -0.495. The van der Waals surface area contributed by atoms with Crippen LogP contribution < -0.4 is 4.72 Å². The van der Waals surface area contributed by atoms with Crippen molar-refractivity contribution in [1.82, 2.24) is 9.62 Å². The van der Waals surface area contributed by atoms with Crippen molar-refractivity contribution >= 4 is 21.8 Å². The molecule has 2 amide bonds. The van der Waals surface area contributed by atoms with Gasteiger partial charge in [0.05, 0.1) is 11.7 Å². The minimum Gasteiger partial charge on any atom is -0.339 e. The van der Waals surface area contributed by atoms with Crippen molar-refractivity contribution in [3.63, 3.8) is 0 Å². The van der Waals surface area contributed by atoms with Gasteiger partial charge < -0.3 is 4.90 Å². The zero-order valence-corrected chi connectivity index (χ0v) is 16.7. The Hall–Kier alpha value is -1.11. The minimum absolute atomic E-state index is 0.0215. The number of amides is 2. The molecule has 1 heterocycles. The fraction of sp³-hybridized carbons (Fsp3) is 0.889. The summed E-state index contributed by atoms with van der Waals surface area (Å²) in [6.07, 6.45) is 4.76. The zero-order chi connectivity index (χ0) is 18.8. The van der Waals surface area contributed by atoms with Crippen molar-refractivity contribution in [2.45, 2.75) is 72.3 Å². The molecule has 144 valence electrons. The first kappa shape index (κ1) is 20.2. The number of nitrogens with one attached hydrogen (secondary N) is 1. The first-order chi connectivity index (χ1) is 11.5. The van der Waals surface area contributed by atoms with Crippen molar-refractivity contribution in [1.29, 1.82) is 0 Å². The molecule has 2 fully saturated rings. The summed E-state index contributed by atoms with van der Waals surface area (Å²) in [6.45, 7) is 8.45. The number of hydrogen-bond donors (Lipinski definition) is 1. The van der Waals surface area contributed by atoms with Gasteiger partial charge in [-0.25, -0.2) is 8.42 Å². The Balaban J connectivity index is 1.89. The van der Waals surface area contributed by atoms with Gasteiger partial charge in [-0.15, -0.1) is 0 Å². The van der Waals surface area contributed by atoms with Crippen molar-refractivity contribution in [3.8, 4) is 0 Å². The quantitative estimate of drug-likeness (QED) is 0.802. The Morgan fingerprint density at radius 3 is 2.36 bits per heavy atom. The molecule has 0 radical (unpaired) electrons. The first-order valence-electron chi connectivity index (χ1n) is 9.31. The van der Waals surface area contributed by atoms with E-state index >= 15 is 0 Å². The highest BCUT2D eigenvalue weighted by molar-refractivity contribution is 7.90. The van der Waals surface area contributed by atoms with E-state index < -0.39 is 21.8 Å². The second kappa shape index (κ2) is 7.64. The summed E-state index contributed by atoms with van der Waals surface area (Å²) >= 11 is 0. The molecule has 1 saturated carbocycles. The Morgan fingerprint density at radius 2 is 1.80 bits per heavy atom. The van der Waals surface area contributed by atoms with Crippen LogP contribution in [0.5, 0.6) is 0 Å². The van der Waals surface area contributed by atoms with E-state index in [0.29, 0.717) is 18.9 Å². The summed E-state index contributed by atoms with van der Waals surface area (Å²) in [6, 6.07) is 0.207. The molecule has 1 aliphatic heterocycles. The molecule has 2 aliphatic rings. The molecule has 0 aromatic rings. The van der Waals surface area contributed by atoms with Gasteiger partial charge in [-0.05, 0) is 43.4 Å². The summed E-state index contributed by atoms with van der Waals surface area (Å²) < 4.78 is 26.4. The summed E-state index contributed by atoms with van der Waals surface area (Å²) in [4.78, 5) is 26.4. The molecule has 6 nitrogen and oxygen atoms in total. The van der Waals surface area contributed by atoms with Gasteiger partial charge in [0.1, 0.15) is 0 Å². The van der Waals surface area contributed by atoms with Crippen molar-refractivity contribution < 1.29 is 18.0 Å². The molecule has 0 aromatic heterocycles. The number of sulfonamides is 1. The number of carbonyl (C=O) groups is 2. The van der Waals surface area contributed by atoms with Crippen LogP contribution in [0.15, 0.2) is 0 Å². The lowest BCUT2D eigenvalue weighted by Crippen LogP contribution is -2.41. The van der Waals surface area contributed by atoms with E-state index in [0.717, 1.165) is 25.7 Å². The highest BCUT2D eigenvalue weighted by Crippen LogP contribution is 2.31. The van der Waals surface area contributed by atoms with Gasteiger partial charge in [0.2, 0.25) is 21.8 Å². The van der Waals surface area contributed by atoms with E-state index in [1.807, 2.05) is 20.8 Å². The van der Waals surface area contributed by atoms with E-state index in [9.17, 15) is 18.0 Å². The van der Waals surface area contributed by atoms with E-state index in [4.69, 9.17) is 0 Å². The molecule has 0 aromatic carbocycles. The fourth-order valence-corrected chi connectivity index (χ4v) is 5.00. The van der Waals surface area contributed by atoms with Crippen LogP contribution in [0.4, 0.5) is 0 Å². The third kappa shape index (κ3) is 5.97. The van der Waals surface area contributed by atoms with E-state index in [1.165, 1.54) is 0 Å². The van der Waals surface area contributed by atoms with Crippen LogP contribution in [-0.4, -0.2) is 43.5 Å². The van der Waals surface area contributed by atoms with Crippen LogP contribution in [0.1, 0.15) is 66.2 Å². The summed E-state index contributed by atoms with van der Waals surface area (Å²) in [7, 11) is -3.65. The number of rotatable bonds is 5. The highest BCUT2D eigenvalue weighted by Gasteiger charge is 2.39. The minimum atomic E-state index is -3.65. The third-order valence-electron chi connectivity index (χ3n) is 5.33. The number of nitrogens with zero attached hydrogens (tertiary/aromatic N) is 1. The maximum Gasteiger partial charge on any atom is 0.238 e. The van der Waals surface area contributed by atoms with Crippen LogP contribution in [-0.2, 0) is 19.6 Å². The van der Waals surface area contributed by atoms with Gasteiger partial charge in [-0.1, -0.05) is 27.7 Å². The molecular weight excluding hydrogens is 340 g/mol. The molecule has 1 aliphatic carbocycles. The molecule has 0 bridgehead atoms. The maximum atomic E-state index is 12.3. The van der Waals surface area contributed by atoms with Crippen molar-refractivity contribution in [2.24, 2.45) is 17.3 Å². The monoisotopic (exact) mass is 372 g/mol. The lowest BCUT2D eigenvalue weighted by molar-refractivity contribution is -0.130. The largest absolute Gasteiger partial charge is 0.339 e. The van der Waals surface area contributed by atoms with Crippen LogP contribution in [0.2, 0.25) is 0 Å². The van der Waals surface area contributed by atoms with E-state index in [1.54, 1.807) is 4.90 Å². The van der Waals surface area contributed by atoms with Gasteiger partial charge >= 0.3 is 0 Å². The normalized spacial score (nSPS) is 28.2. The third-order valence-corrected chi connectivity index (χ3v) is 6.59. The SMILES string of the molecule is CC1CCC(N2CC(C(=O)NS(=O)(=O)CCC(C)(C)C)CC2=O)CC1. The lowest BCUT2D eigenvalue weighted by Gasteiger charge is -2.33. The number of carbonyl (C=O) groups excluding carboxylic acids is 2. The molecular formula is C18H32N2O4S. The second-order valence-electron chi connectivity index (χ2n) is 8.96. The summed E-state index contributed by atoms with van der Waals surface area (Å²) in [5, 5.41) is 0. The molecule has 1 N–H and O–H groups in total.